The molecule has 2 rings (SSSR count). The van der Waals surface area contributed by atoms with Crippen LogP contribution < -0.4 is 5.73 Å². The van der Waals surface area contributed by atoms with Crippen molar-refractivity contribution in [2.75, 3.05) is 13.1 Å². The Hall–Kier alpha value is -0.690. The number of halogens is 2. The lowest BCUT2D eigenvalue weighted by atomic mass is 10.0. The second-order valence-electron chi connectivity index (χ2n) is 5.25. The number of hydrogen-bond acceptors (Lipinski definition) is 3. The van der Waals surface area contributed by atoms with Crippen molar-refractivity contribution in [3.8, 4) is 0 Å². The molecule has 0 spiro atoms. The maximum absolute atomic E-state index is 13.4. The highest BCUT2D eigenvalue weighted by Gasteiger charge is 2.33. The molecular weight excluding hydrogens is 315 g/mol. The number of nitrogens with zero attached hydrogens (tertiary/aromatic N) is 1. The van der Waals surface area contributed by atoms with Gasteiger partial charge in [0.15, 0.2) is 0 Å². The van der Waals surface area contributed by atoms with Crippen molar-refractivity contribution in [3.05, 3.63) is 29.6 Å². The molecule has 120 valence electrons. The summed E-state index contributed by atoms with van der Waals surface area (Å²) in [6.45, 7) is 2.63. The maximum atomic E-state index is 13.4. The zero-order valence-corrected chi connectivity index (χ0v) is 13.7. The Kier molecular flexibility index (Phi) is 6.59. The Bertz CT molecular complexity index is 578. The van der Waals surface area contributed by atoms with Crippen molar-refractivity contribution in [1.29, 1.82) is 0 Å². The van der Waals surface area contributed by atoms with Gasteiger partial charge in [-0.05, 0) is 50.4 Å². The first-order chi connectivity index (χ1) is 9.46. The van der Waals surface area contributed by atoms with Crippen LogP contribution >= 0.6 is 12.4 Å². The summed E-state index contributed by atoms with van der Waals surface area (Å²) in [6, 6.07) is 3.83. The molecule has 0 aromatic heterocycles. The molecule has 1 aromatic rings. The molecule has 21 heavy (non-hydrogen) atoms. The van der Waals surface area contributed by atoms with Gasteiger partial charge < -0.3 is 5.73 Å². The van der Waals surface area contributed by atoms with E-state index in [1.807, 2.05) is 0 Å². The van der Waals surface area contributed by atoms with Gasteiger partial charge in [-0.15, -0.1) is 12.4 Å². The number of nitrogens with two attached hydrogens (primary N) is 1. The van der Waals surface area contributed by atoms with Crippen LogP contribution in [0.4, 0.5) is 4.39 Å². The highest BCUT2D eigenvalue weighted by atomic mass is 35.5. The van der Waals surface area contributed by atoms with Gasteiger partial charge in [-0.25, -0.2) is 12.8 Å². The van der Waals surface area contributed by atoms with Crippen molar-refractivity contribution < 1.29 is 12.8 Å². The van der Waals surface area contributed by atoms with E-state index in [1.54, 1.807) is 6.92 Å². The van der Waals surface area contributed by atoms with Gasteiger partial charge in [0.1, 0.15) is 5.82 Å². The van der Waals surface area contributed by atoms with Gasteiger partial charge in [0.25, 0.3) is 0 Å². The summed E-state index contributed by atoms with van der Waals surface area (Å²) in [6.07, 6.45) is 3.33. The number of hydrogen-bond donors (Lipinski definition) is 1. The first kappa shape index (κ1) is 18.4. The highest BCUT2D eigenvalue weighted by Crippen LogP contribution is 2.28. The number of benzene rings is 1. The molecule has 1 heterocycles. The van der Waals surface area contributed by atoms with Crippen LogP contribution in [-0.4, -0.2) is 31.9 Å². The molecule has 2 N–H and O–H groups in total. The van der Waals surface area contributed by atoms with Crippen LogP contribution in [0.1, 0.15) is 31.2 Å². The van der Waals surface area contributed by atoms with Crippen molar-refractivity contribution in [3.63, 3.8) is 0 Å². The summed E-state index contributed by atoms with van der Waals surface area (Å²) in [7, 11) is -3.65. The molecular formula is C14H22ClFN2O2S. The first-order valence-corrected chi connectivity index (χ1v) is 8.39. The second kappa shape index (κ2) is 7.54. The summed E-state index contributed by atoms with van der Waals surface area (Å²) in [5.74, 6) is -0.526. The predicted octanol–water partition coefficient (Wildman–Crippen LogP) is 2.45. The van der Waals surface area contributed by atoms with Crippen molar-refractivity contribution in [2.45, 2.75) is 43.5 Å². The van der Waals surface area contributed by atoms with Gasteiger partial charge in [0.2, 0.25) is 10.0 Å². The average Bonchev–Trinajstić information content (AvgIpc) is 2.42. The molecule has 1 aromatic carbocycles. The van der Waals surface area contributed by atoms with Crippen LogP contribution in [-0.2, 0) is 10.0 Å². The van der Waals surface area contributed by atoms with Gasteiger partial charge in [-0.2, -0.15) is 4.31 Å². The Morgan fingerprint density at radius 3 is 2.76 bits per heavy atom. The molecule has 7 heteroatoms. The fourth-order valence-electron chi connectivity index (χ4n) is 2.75. The second-order valence-corrected chi connectivity index (χ2v) is 7.11. The maximum Gasteiger partial charge on any atom is 0.243 e. The molecule has 1 atom stereocenters. The zero-order valence-electron chi connectivity index (χ0n) is 12.1. The summed E-state index contributed by atoms with van der Waals surface area (Å²) in [5, 5.41) is 0. The molecule has 0 amide bonds. The Morgan fingerprint density at radius 1 is 1.38 bits per heavy atom. The lowest BCUT2D eigenvalue weighted by Gasteiger charge is -2.34. The summed E-state index contributed by atoms with van der Waals surface area (Å²) < 4.78 is 40.4. The van der Waals surface area contributed by atoms with Gasteiger partial charge >= 0.3 is 0 Å². The zero-order chi connectivity index (χ0) is 14.8. The van der Waals surface area contributed by atoms with E-state index in [2.05, 4.69) is 0 Å². The van der Waals surface area contributed by atoms with E-state index in [1.165, 1.54) is 16.4 Å². The van der Waals surface area contributed by atoms with Crippen LogP contribution in [0.3, 0.4) is 0 Å². The number of piperidine rings is 1. The fourth-order valence-corrected chi connectivity index (χ4v) is 4.71. The van der Waals surface area contributed by atoms with Crippen molar-refractivity contribution in [2.24, 2.45) is 5.73 Å². The van der Waals surface area contributed by atoms with Crippen LogP contribution in [0.5, 0.6) is 0 Å². The fraction of sp³-hybridized carbons (Fsp3) is 0.571. The largest absolute Gasteiger partial charge is 0.330 e. The third-order valence-electron chi connectivity index (χ3n) is 3.81. The van der Waals surface area contributed by atoms with Crippen molar-refractivity contribution in [1.82, 2.24) is 4.31 Å². The van der Waals surface area contributed by atoms with E-state index in [-0.39, 0.29) is 23.3 Å². The standard InChI is InChI=1S/C14H21FN2O2S.ClH/c1-11-5-6-12(15)10-14(11)20(18,19)17-9-3-2-4-13(17)7-8-16;/h5-6,10,13H,2-4,7-9,16H2,1H3;1H. The van der Waals surface area contributed by atoms with E-state index in [9.17, 15) is 12.8 Å². The van der Waals surface area contributed by atoms with Crippen LogP contribution in [0.15, 0.2) is 23.1 Å². The SMILES string of the molecule is Cc1ccc(F)cc1S(=O)(=O)N1CCCCC1CCN.Cl. The Balaban J connectivity index is 0.00000220. The lowest BCUT2D eigenvalue weighted by Crippen LogP contribution is -2.44. The number of aryl methyl sites for hydroxylation is 1. The Morgan fingerprint density at radius 2 is 2.10 bits per heavy atom. The molecule has 1 aliphatic heterocycles. The molecule has 1 saturated heterocycles. The number of rotatable bonds is 4. The minimum Gasteiger partial charge on any atom is -0.330 e. The van der Waals surface area contributed by atoms with E-state index < -0.39 is 15.8 Å². The van der Waals surface area contributed by atoms with Gasteiger partial charge in [-0.3, -0.25) is 0 Å². The molecule has 4 nitrogen and oxygen atoms in total. The topological polar surface area (TPSA) is 63.4 Å². The highest BCUT2D eigenvalue weighted by molar-refractivity contribution is 7.89. The third-order valence-corrected chi connectivity index (χ3v) is 5.90. The lowest BCUT2D eigenvalue weighted by molar-refractivity contribution is 0.243. The Labute approximate surface area is 132 Å². The monoisotopic (exact) mass is 336 g/mol. The minimum absolute atomic E-state index is 0. The van der Waals surface area contributed by atoms with E-state index in [0.717, 1.165) is 25.3 Å². The van der Waals surface area contributed by atoms with Gasteiger partial charge in [0.05, 0.1) is 4.90 Å². The molecule has 0 radical (unpaired) electrons. The van der Waals surface area contributed by atoms with Gasteiger partial charge in [-0.1, -0.05) is 12.5 Å². The van der Waals surface area contributed by atoms with Crippen LogP contribution in [0.25, 0.3) is 0 Å². The normalized spacial score (nSPS) is 20.0. The third kappa shape index (κ3) is 3.94. The summed E-state index contributed by atoms with van der Waals surface area (Å²) in [4.78, 5) is 0.0708. The molecule has 1 aliphatic rings. The first-order valence-electron chi connectivity index (χ1n) is 6.95. The molecule has 0 aliphatic carbocycles. The van der Waals surface area contributed by atoms with Crippen LogP contribution in [0.2, 0.25) is 0 Å². The van der Waals surface area contributed by atoms with Crippen LogP contribution in [0, 0.1) is 12.7 Å². The van der Waals surface area contributed by atoms with E-state index in [4.69, 9.17) is 5.73 Å². The van der Waals surface area contributed by atoms with Gasteiger partial charge in [0, 0.05) is 12.6 Å². The number of sulfonamides is 1. The van der Waals surface area contributed by atoms with E-state index >= 15 is 0 Å². The molecule has 1 unspecified atom stereocenters. The quantitative estimate of drug-likeness (QED) is 0.918. The van der Waals surface area contributed by atoms with E-state index in [0.29, 0.717) is 25.1 Å². The smallest absolute Gasteiger partial charge is 0.243 e. The van der Waals surface area contributed by atoms with Crippen molar-refractivity contribution >= 4 is 22.4 Å². The minimum atomic E-state index is -3.65. The molecule has 0 saturated carbocycles. The summed E-state index contributed by atoms with van der Waals surface area (Å²) >= 11 is 0. The molecule has 1 fully saturated rings. The average molecular weight is 337 g/mol. The predicted molar refractivity (Wildman–Crippen MR) is 83.6 cm³/mol. The summed E-state index contributed by atoms with van der Waals surface area (Å²) in [5.41, 5.74) is 6.15. The molecule has 0 bridgehead atoms.